The maximum atomic E-state index is 13.7. The van der Waals surface area contributed by atoms with Crippen LogP contribution in [0.15, 0.2) is 72.9 Å². The van der Waals surface area contributed by atoms with Crippen molar-refractivity contribution >= 4 is 27.5 Å². The minimum atomic E-state index is 0.0934. The SMILES string of the molecule is CN1CCN(C)[C@H](Cn2cc(C(=O)c3cccc4ccccc34)c3ccccc32)C1. The first-order chi connectivity index (χ1) is 14.6. The van der Waals surface area contributed by atoms with Crippen molar-refractivity contribution in [2.24, 2.45) is 0 Å². The van der Waals surface area contributed by atoms with Crippen LogP contribution in [0, 0.1) is 0 Å². The smallest absolute Gasteiger partial charge is 0.195 e. The number of nitrogens with zero attached hydrogens (tertiary/aromatic N) is 3. The predicted molar refractivity (Wildman–Crippen MR) is 123 cm³/mol. The highest BCUT2D eigenvalue weighted by Crippen LogP contribution is 2.28. The molecule has 4 nitrogen and oxygen atoms in total. The van der Waals surface area contributed by atoms with Crippen LogP contribution in [0.1, 0.15) is 15.9 Å². The van der Waals surface area contributed by atoms with E-state index in [0.717, 1.165) is 59.0 Å². The van der Waals surface area contributed by atoms with Gasteiger partial charge in [-0.1, -0.05) is 60.7 Å². The van der Waals surface area contributed by atoms with E-state index >= 15 is 0 Å². The lowest BCUT2D eigenvalue weighted by Gasteiger charge is -2.38. The quantitative estimate of drug-likeness (QED) is 0.482. The van der Waals surface area contributed by atoms with Crippen molar-refractivity contribution in [2.75, 3.05) is 33.7 Å². The summed E-state index contributed by atoms with van der Waals surface area (Å²) >= 11 is 0. The average molecular weight is 398 g/mol. The summed E-state index contributed by atoms with van der Waals surface area (Å²) in [6.45, 7) is 4.09. The third-order valence-electron chi connectivity index (χ3n) is 6.46. The van der Waals surface area contributed by atoms with Crippen LogP contribution in [0.25, 0.3) is 21.7 Å². The Balaban J connectivity index is 1.58. The van der Waals surface area contributed by atoms with Gasteiger partial charge >= 0.3 is 0 Å². The molecule has 30 heavy (non-hydrogen) atoms. The number of para-hydroxylation sites is 1. The fraction of sp³-hybridized carbons (Fsp3) is 0.269. The molecule has 0 aliphatic carbocycles. The molecule has 1 atom stereocenters. The van der Waals surface area contributed by atoms with Gasteiger partial charge in [0, 0.05) is 60.4 Å². The number of aromatic nitrogens is 1. The molecule has 152 valence electrons. The van der Waals surface area contributed by atoms with Crippen LogP contribution in [0.2, 0.25) is 0 Å². The van der Waals surface area contributed by atoms with E-state index in [1.165, 1.54) is 0 Å². The fourth-order valence-electron chi connectivity index (χ4n) is 4.67. The van der Waals surface area contributed by atoms with Gasteiger partial charge in [-0.05, 0) is 30.9 Å². The Morgan fingerprint density at radius 1 is 0.867 bits per heavy atom. The van der Waals surface area contributed by atoms with Gasteiger partial charge in [0.1, 0.15) is 0 Å². The molecule has 0 radical (unpaired) electrons. The van der Waals surface area contributed by atoms with E-state index in [1.807, 2.05) is 36.4 Å². The average Bonchev–Trinajstić information content (AvgIpc) is 3.14. The van der Waals surface area contributed by atoms with Gasteiger partial charge in [0.2, 0.25) is 0 Å². The Hall–Kier alpha value is -2.95. The molecule has 1 aromatic heterocycles. The molecule has 5 rings (SSSR count). The molecule has 0 saturated carbocycles. The summed E-state index contributed by atoms with van der Waals surface area (Å²) in [4.78, 5) is 18.5. The van der Waals surface area contributed by atoms with Crippen LogP contribution in [-0.2, 0) is 6.54 Å². The molecule has 3 aromatic carbocycles. The van der Waals surface area contributed by atoms with Crippen molar-refractivity contribution in [3.8, 4) is 0 Å². The first kappa shape index (κ1) is 19.0. The highest BCUT2D eigenvalue weighted by atomic mass is 16.1. The number of benzene rings is 3. The van der Waals surface area contributed by atoms with Gasteiger partial charge in [0.25, 0.3) is 0 Å². The molecule has 4 aromatic rings. The molecule has 4 heteroatoms. The molecule has 0 spiro atoms. The van der Waals surface area contributed by atoms with Gasteiger partial charge in [-0.2, -0.15) is 0 Å². The number of hydrogen-bond donors (Lipinski definition) is 0. The third-order valence-corrected chi connectivity index (χ3v) is 6.46. The Morgan fingerprint density at radius 2 is 1.60 bits per heavy atom. The number of carbonyl (C=O) groups excluding carboxylic acids is 1. The van der Waals surface area contributed by atoms with E-state index in [1.54, 1.807) is 0 Å². The van der Waals surface area contributed by atoms with Gasteiger partial charge in [-0.25, -0.2) is 0 Å². The second kappa shape index (κ2) is 7.71. The zero-order chi connectivity index (χ0) is 20.7. The van der Waals surface area contributed by atoms with Crippen molar-refractivity contribution in [1.29, 1.82) is 0 Å². The number of fused-ring (bicyclic) bond motifs is 2. The van der Waals surface area contributed by atoms with E-state index in [-0.39, 0.29) is 5.78 Å². The monoisotopic (exact) mass is 397 g/mol. The summed E-state index contributed by atoms with van der Waals surface area (Å²) in [6.07, 6.45) is 2.07. The Morgan fingerprint density at radius 3 is 2.47 bits per heavy atom. The molecule has 0 N–H and O–H groups in total. The number of piperazine rings is 1. The molecular formula is C26H27N3O. The predicted octanol–water partition coefficient (Wildman–Crippen LogP) is 4.27. The summed E-state index contributed by atoms with van der Waals surface area (Å²) in [6, 6.07) is 22.8. The Labute approximate surface area is 177 Å². The van der Waals surface area contributed by atoms with Crippen molar-refractivity contribution in [2.45, 2.75) is 12.6 Å². The van der Waals surface area contributed by atoms with Crippen LogP contribution in [0.3, 0.4) is 0 Å². The highest BCUT2D eigenvalue weighted by Gasteiger charge is 2.24. The summed E-state index contributed by atoms with van der Waals surface area (Å²) in [5.41, 5.74) is 2.68. The lowest BCUT2D eigenvalue weighted by molar-refractivity contribution is 0.102. The van der Waals surface area contributed by atoms with Crippen molar-refractivity contribution in [3.05, 3.63) is 84.1 Å². The normalized spacial score (nSPS) is 18.3. The minimum Gasteiger partial charge on any atom is -0.345 e. The van der Waals surface area contributed by atoms with Crippen LogP contribution in [0.5, 0.6) is 0 Å². The van der Waals surface area contributed by atoms with E-state index in [9.17, 15) is 4.79 Å². The lowest BCUT2D eigenvalue weighted by Crippen LogP contribution is -2.51. The molecule has 1 saturated heterocycles. The zero-order valence-corrected chi connectivity index (χ0v) is 17.6. The maximum Gasteiger partial charge on any atom is 0.195 e. The lowest BCUT2D eigenvalue weighted by atomic mass is 9.97. The van der Waals surface area contributed by atoms with E-state index in [4.69, 9.17) is 0 Å². The van der Waals surface area contributed by atoms with E-state index in [2.05, 4.69) is 65.0 Å². The molecular weight excluding hydrogens is 370 g/mol. The maximum absolute atomic E-state index is 13.7. The molecule has 0 amide bonds. The van der Waals surface area contributed by atoms with Crippen LogP contribution < -0.4 is 0 Å². The number of likely N-dealkylation sites (N-methyl/N-ethyl adjacent to an activating group) is 2. The number of rotatable bonds is 4. The first-order valence-corrected chi connectivity index (χ1v) is 10.6. The van der Waals surface area contributed by atoms with Gasteiger partial charge in [-0.3, -0.25) is 9.69 Å². The second-order valence-electron chi connectivity index (χ2n) is 8.46. The van der Waals surface area contributed by atoms with Crippen LogP contribution >= 0.6 is 0 Å². The van der Waals surface area contributed by atoms with Crippen LogP contribution in [-0.4, -0.2) is 59.9 Å². The Kier molecular flexibility index (Phi) is 4.89. The number of ketones is 1. The molecule has 2 heterocycles. The van der Waals surface area contributed by atoms with Crippen molar-refractivity contribution in [3.63, 3.8) is 0 Å². The van der Waals surface area contributed by atoms with Crippen LogP contribution in [0.4, 0.5) is 0 Å². The van der Waals surface area contributed by atoms with Gasteiger partial charge in [0.05, 0.1) is 0 Å². The highest BCUT2D eigenvalue weighted by molar-refractivity contribution is 6.21. The Bertz CT molecular complexity index is 1220. The molecule has 1 fully saturated rings. The number of carbonyl (C=O) groups is 1. The molecule has 0 bridgehead atoms. The van der Waals surface area contributed by atoms with E-state index in [0.29, 0.717) is 6.04 Å². The van der Waals surface area contributed by atoms with Gasteiger partial charge in [-0.15, -0.1) is 0 Å². The molecule has 0 unspecified atom stereocenters. The summed E-state index contributed by atoms with van der Waals surface area (Å²) in [5.74, 6) is 0.0934. The third kappa shape index (κ3) is 3.32. The first-order valence-electron chi connectivity index (χ1n) is 10.6. The van der Waals surface area contributed by atoms with E-state index < -0.39 is 0 Å². The molecule has 1 aliphatic rings. The summed E-state index contributed by atoms with van der Waals surface area (Å²) in [5, 5.41) is 3.14. The van der Waals surface area contributed by atoms with Gasteiger partial charge in [0.15, 0.2) is 5.78 Å². The largest absolute Gasteiger partial charge is 0.345 e. The van der Waals surface area contributed by atoms with Crippen molar-refractivity contribution in [1.82, 2.24) is 14.4 Å². The number of hydrogen-bond acceptors (Lipinski definition) is 3. The second-order valence-corrected chi connectivity index (χ2v) is 8.46. The van der Waals surface area contributed by atoms with Gasteiger partial charge < -0.3 is 9.47 Å². The standard InChI is InChI=1S/C26H27N3O/c1-27-14-15-28(2)20(16-27)17-29-18-24(22-11-5-6-13-25(22)29)26(30)23-12-7-9-19-8-3-4-10-21(19)23/h3-13,18,20H,14-17H2,1-2H3/t20-/m0/s1. The topological polar surface area (TPSA) is 28.5 Å². The summed E-state index contributed by atoms with van der Waals surface area (Å²) in [7, 11) is 4.38. The fourth-order valence-corrected chi connectivity index (χ4v) is 4.67. The van der Waals surface area contributed by atoms with Crippen molar-refractivity contribution < 1.29 is 4.79 Å². The summed E-state index contributed by atoms with van der Waals surface area (Å²) < 4.78 is 2.27. The minimum absolute atomic E-state index is 0.0934. The molecule has 1 aliphatic heterocycles. The zero-order valence-electron chi connectivity index (χ0n) is 17.6.